The number of sulfonamides is 1. The van der Waals surface area contributed by atoms with Gasteiger partial charge in [0.2, 0.25) is 10.0 Å². The lowest BCUT2D eigenvalue weighted by molar-refractivity contribution is 0.222. The third-order valence-electron chi connectivity index (χ3n) is 4.08. The van der Waals surface area contributed by atoms with E-state index in [1.807, 2.05) is 30.3 Å². The molecule has 128 valence electrons. The van der Waals surface area contributed by atoms with Crippen LogP contribution in [0, 0.1) is 0 Å². The molecule has 0 amide bonds. The second-order valence-corrected chi connectivity index (χ2v) is 7.93. The van der Waals surface area contributed by atoms with Gasteiger partial charge in [-0.25, -0.2) is 8.42 Å². The summed E-state index contributed by atoms with van der Waals surface area (Å²) in [6.07, 6.45) is 2.22. The van der Waals surface area contributed by atoms with Crippen molar-refractivity contribution in [2.45, 2.75) is 25.5 Å². The number of hydrogen-bond donors (Lipinski definition) is 2. The zero-order valence-electron chi connectivity index (χ0n) is 13.8. The molecular formula is C18H22N2O3S. The van der Waals surface area contributed by atoms with Gasteiger partial charge in [0, 0.05) is 24.7 Å². The molecule has 0 saturated carbocycles. The number of fused-ring (bicyclic) bond motifs is 1. The molecule has 2 N–H and O–H groups in total. The summed E-state index contributed by atoms with van der Waals surface area (Å²) in [7, 11) is -3.24. The average Bonchev–Trinajstić information content (AvgIpc) is 2.94. The summed E-state index contributed by atoms with van der Waals surface area (Å²) in [6.45, 7) is 2.85. The molecule has 1 heterocycles. The van der Waals surface area contributed by atoms with Crippen molar-refractivity contribution in [1.82, 2.24) is 5.32 Å². The summed E-state index contributed by atoms with van der Waals surface area (Å²) in [5.74, 6) is 0.980. The zero-order valence-corrected chi connectivity index (χ0v) is 14.6. The van der Waals surface area contributed by atoms with Crippen LogP contribution in [0.1, 0.15) is 24.1 Å². The van der Waals surface area contributed by atoms with Gasteiger partial charge in [-0.1, -0.05) is 30.3 Å². The molecule has 0 unspecified atom stereocenters. The van der Waals surface area contributed by atoms with Gasteiger partial charge in [0.15, 0.2) is 0 Å². The first-order valence-electron chi connectivity index (χ1n) is 7.96. The van der Waals surface area contributed by atoms with Gasteiger partial charge in [-0.2, -0.15) is 0 Å². The number of nitrogens with one attached hydrogen (secondary N) is 2. The standard InChI is InChI=1S/C18H22N2O3S/c1-13(14-7-9-16(10-8-14)20-24(2,21)22)19-12-17-11-15-5-3-4-6-18(15)23-17/h3-10,13,17,19-20H,11-12H2,1-2H3/t13-,17-/m0/s1. The Labute approximate surface area is 143 Å². The zero-order chi connectivity index (χ0) is 17.2. The quantitative estimate of drug-likeness (QED) is 0.844. The molecule has 3 rings (SSSR count). The van der Waals surface area contributed by atoms with Gasteiger partial charge in [-0.15, -0.1) is 0 Å². The van der Waals surface area contributed by atoms with Gasteiger partial charge in [0.05, 0.1) is 6.26 Å². The normalized spacial score (nSPS) is 17.8. The van der Waals surface area contributed by atoms with Crippen molar-refractivity contribution in [3.63, 3.8) is 0 Å². The Morgan fingerprint density at radius 2 is 1.88 bits per heavy atom. The van der Waals surface area contributed by atoms with Crippen LogP contribution >= 0.6 is 0 Å². The van der Waals surface area contributed by atoms with Crippen molar-refractivity contribution < 1.29 is 13.2 Å². The maximum absolute atomic E-state index is 11.2. The minimum Gasteiger partial charge on any atom is -0.488 e. The second kappa shape index (κ2) is 6.83. The van der Waals surface area contributed by atoms with E-state index < -0.39 is 10.0 Å². The molecule has 2 atom stereocenters. The van der Waals surface area contributed by atoms with Crippen molar-refractivity contribution in [2.24, 2.45) is 0 Å². The Bertz CT molecular complexity index is 778. The van der Waals surface area contributed by atoms with Crippen molar-refractivity contribution in [3.8, 4) is 5.75 Å². The molecule has 0 spiro atoms. The highest BCUT2D eigenvalue weighted by atomic mass is 32.2. The summed E-state index contributed by atoms with van der Waals surface area (Å²) >= 11 is 0. The van der Waals surface area contributed by atoms with Gasteiger partial charge in [0.25, 0.3) is 0 Å². The smallest absolute Gasteiger partial charge is 0.229 e. The third kappa shape index (κ3) is 4.27. The molecule has 24 heavy (non-hydrogen) atoms. The number of hydrogen-bond acceptors (Lipinski definition) is 4. The van der Waals surface area contributed by atoms with Gasteiger partial charge in [0.1, 0.15) is 11.9 Å². The first kappa shape index (κ1) is 16.8. The molecule has 1 aliphatic rings. The first-order valence-corrected chi connectivity index (χ1v) is 9.85. The van der Waals surface area contributed by atoms with Crippen LogP contribution in [0.25, 0.3) is 0 Å². The fraction of sp³-hybridized carbons (Fsp3) is 0.333. The van der Waals surface area contributed by atoms with Crippen molar-refractivity contribution in [1.29, 1.82) is 0 Å². The minimum atomic E-state index is -3.24. The highest BCUT2D eigenvalue weighted by Gasteiger charge is 2.22. The highest BCUT2D eigenvalue weighted by molar-refractivity contribution is 7.92. The lowest BCUT2D eigenvalue weighted by Gasteiger charge is -2.18. The molecule has 2 aromatic carbocycles. The van der Waals surface area contributed by atoms with E-state index in [1.165, 1.54) is 5.56 Å². The lowest BCUT2D eigenvalue weighted by Crippen LogP contribution is -2.31. The van der Waals surface area contributed by atoms with Crippen LogP contribution in [-0.2, 0) is 16.4 Å². The predicted molar refractivity (Wildman–Crippen MR) is 95.9 cm³/mol. The maximum atomic E-state index is 11.2. The summed E-state index contributed by atoms with van der Waals surface area (Å²) < 4.78 is 30.8. The van der Waals surface area contributed by atoms with Gasteiger partial charge in [-0.05, 0) is 36.2 Å². The van der Waals surface area contributed by atoms with Gasteiger partial charge >= 0.3 is 0 Å². The van der Waals surface area contributed by atoms with Crippen molar-refractivity contribution in [3.05, 3.63) is 59.7 Å². The lowest BCUT2D eigenvalue weighted by atomic mass is 10.1. The maximum Gasteiger partial charge on any atom is 0.229 e. The molecule has 6 heteroatoms. The van der Waals surface area contributed by atoms with Crippen LogP contribution < -0.4 is 14.8 Å². The molecule has 1 aliphatic heterocycles. The molecule has 0 radical (unpaired) electrons. The Kier molecular flexibility index (Phi) is 4.78. The minimum absolute atomic E-state index is 0.149. The summed E-state index contributed by atoms with van der Waals surface area (Å²) in [4.78, 5) is 0. The first-order chi connectivity index (χ1) is 11.4. The van der Waals surface area contributed by atoms with Gasteiger partial charge in [-0.3, -0.25) is 4.72 Å². The van der Waals surface area contributed by atoms with Crippen LogP contribution in [0.2, 0.25) is 0 Å². The number of benzene rings is 2. The third-order valence-corrected chi connectivity index (χ3v) is 4.69. The summed E-state index contributed by atoms with van der Waals surface area (Å²) in [5, 5.41) is 3.48. The molecule has 0 fully saturated rings. The Morgan fingerprint density at radius 1 is 1.17 bits per heavy atom. The molecule has 5 nitrogen and oxygen atoms in total. The summed E-state index contributed by atoms with van der Waals surface area (Å²) in [5.41, 5.74) is 2.93. The number of anilines is 1. The Morgan fingerprint density at radius 3 is 2.54 bits per heavy atom. The van der Waals surface area contributed by atoms with E-state index in [4.69, 9.17) is 4.74 Å². The van der Waals surface area contributed by atoms with Crippen molar-refractivity contribution >= 4 is 15.7 Å². The SMILES string of the molecule is C[C@H](NC[C@@H]1Cc2ccccc2O1)c1ccc(NS(C)(=O)=O)cc1. The monoisotopic (exact) mass is 346 g/mol. The molecule has 0 aromatic heterocycles. The molecule has 0 saturated heterocycles. The fourth-order valence-electron chi connectivity index (χ4n) is 2.85. The van der Waals surface area contributed by atoms with E-state index in [-0.39, 0.29) is 12.1 Å². The van der Waals surface area contributed by atoms with E-state index in [0.29, 0.717) is 5.69 Å². The van der Waals surface area contributed by atoms with Crippen LogP contribution in [0.15, 0.2) is 48.5 Å². The van der Waals surface area contributed by atoms with E-state index in [2.05, 4.69) is 23.0 Å². The molecule has 2 aromatic rings. The van der Waals surface area contributed by atoms with Crippen molar-refractivity contribution in [2.75, 3.05) is 17.5 Å². The fourth-order valence-corrected chi connectivity index (χ4v) is 3.41. The van der Waals surface area contributed by atoms with E-state index in [9.17, 15) is 8.42 Å². The summed E-state index contributed by atoms with van der Waals surface area (Å²) in [6, 6.07) is 15.7. The average molecular weight is 346 g/mol. The van der Waals surface area contributed by atoms with E-state index >= 15 is 0 Å². The van der Waals surface area contributed by atoms with E-state index in [1.54, 1.807) is 12.1 Å². The second-order valence-electron chi connectivity index (χ2n) is 6.18. The molecule has 0 bridgehead atoms. The number of ether oxygens (including phenoxy) is 1. The molecule has 0 aliphatic carbocycles. The highest BCUT2D eigenvalue weighted by Crippen LogP contribution is 2.28. The number of rotatable bonds is 6. The van der Waals surface area contributed by atoms with Gasteiger partial charge < -0.3 is 10.1 Å². The topological polar surface area (TPSA) is 67.4 Å². The predicted octanol–water partition coefficient (Wildman–Crippen LogP) is 2.71. The largest absolute Gasteiger partial charge is 0.488 e. The Balaban J connectivity index is 1.53. The van der Waals surface area contributed by atoms with Crippen LogP contribution in [0.4, 0.5) is 5.69 Å². The molecular weight excluding hydrogens is 324 g/mol. The van der Waals surface area contributed by atoms with Crippen LogP contribution in [0.5, 0.6) is 5.75 Å². The number of para-hydroxylation sites is 1. The van der Waals surface area contributed by atoms with E-state index in [0.717, 1.165) is 30.5 Å². The Hall–Kier alpha value is -2.05. The van der Waals surface area contributed by atoms with Crippen LogP contribution in [0.3, 0.4) is 0 Å². The van der Waals surface area contributed by atoms with Crippen LogP contribution in [-0.4, -0.2) is 27.3 Å².